The third-order valence-electron chi connectivity index (χ3n) is 7.26. The number of rotatable bonds is 7. The van der Waals surface area contributed by atoms with Gasteiger partial charge in [0.2, 0.25) is 17.7 Å². The van der Waals surface area contributed by atoms with E-state index in [0.717, 1.165) is 47.7 Å². The lowest BCUT2D eigenvalue weighted by Crippen LogP contribution is -2.44. The van der Waals surface area contributed by atoms with Crippen molar-refractivity contribution in [2.24, 2.45) is 5.92 Å². The van der Waals surface area contributed by atoms with Gasteiger partial charge in [-0.3, -0.25) is 4.79 Å². The maximum Gasteiger partial charge on any atom is 0.407 e. The van der Waals surface area contributed by atoms with Crippen molar-refractivity contribution < 1.29 is 19.4 Å². The Labute approximate surface area is 230 Å². The smallest absolute Gasteiger partial charge is 0.407 e. The fraction of sp³-hybridized carbons (Fsp3) is 0.310. The molecule has 40 heavy (non-hydrogen) atoms. The summed E-state index contributed by atoms with van der Waals surface area (Å²) in [7, 11) is 0. The molecule has 1 saturated heterocycles. The Bertz CT molecular complexity index is 1590. The van der Waals surface area contributed by atoms with Crippen LogP contribution in [-0.4, -0.2) is 61.3 Å². The van der Waals surface area contributed by atoms with Crippen molar-refractivity contribution in [3.8, 4) is 22.9 Å². The Kier molecular flexibility index (Phi) is 6.85. The molecule has 2 amide bonds. The molecule has 4 aromatic rings. The molecule has 0 bridgehead atoms. The monoisotopic (exact) mass is 539 g/mol. The van der Waals surface area contributed by atoms with Crippen molar-refractivity contribution in [2.75, 3.05) is 23.7 Å². The van der Waals surface area contributed by atoms with E-state index >= 15 is 0 Å². The lowest BCUT2D eigenvalue weighted by atomic mass is 10.0. The summed E-state index contributed by atoms with van der Waals surface area (Å²) in [4.78, 5) is 34.3. The Morgan fingerprint density at radius 1 is 1.05 bits per heavy atom. The summed E-state index contributed by atoms with van der Waals surface area (Å²) in [5.41, 5.74) is 2.86. The topological polar surface area (TPSA) is 142 Å². The van der Waals surface area contributed by atoms with Crippen LogP contribution in [-0.2, 0) is 4.79 Å². The van der Waals surface area contributed by atoms with Crippen molar-refractivity contribution in [3.05, 3.63) is 60.4 Å². The largest absolute Gasteiger partial charge is 0.465 e. The molecule has 1 unspecified atom stereocenters. The van der Waals surface area contributed by atoms with E-state index in [9.17, 15) is 14.7 Å². The first-order valence-electron chi connectivity index (χ1n) is 13.4. The number of amides is 2. The van der Waals surface area contributed by atoms with Crippen LogP contribution in [0.15, 0.2) is 54.9 Å². The van der Waals surface area contributed by atoms with Gasteiger partial charge in [0.25, 0.3) is 0 Å². The number of benzene rings is 2. The zero-order valence-electron chi connectivity index (χ0n) is 22.0. The Morgan fingerprint density at radius 3 is 2.75 bits per heavy atom. The predicted octanol–water partition coefficient (Wildman–Crippen LogP) is 5.09. The van der Waals surface area contributed by atoms with Crippen molar-refractivity contribution in [1.82, 2.24) is 25.1 Å². The number of ether oxygens (including phenoxy) is 1. The van der Waals surface area contributed by atoms with E-state index in [1.54, 1.807) is 24.5 Å². The first-order valence-corrected chi connectivity index (χ1v) is 13.4. The summed E-state index contributed by atoms with van der Waals surface area (Å²) >= 11 is 0. The van der Waals surface area contributed by atoms with Crippen molar-refractivity contribution in [1.29, 1.82) is 0 Å². The number of nitrogens with zero attached hydrogens (tertiary/aromatic N) is 5. The third kappa shape index (κ3) is 5.35. The number of aromatic nitrogens is 4. The highest BCUT2D eigenvalue weighted by Gasteiger charge is 2.30. The van der Waals surface area contributed by atoms with Gasteiger partial charge in [0.1, 0.15) is 5.75 Å². The first-order chi connectivity index (χ1) is 19.5. The van der Waals surface area contributed by atoms with E-state index in [-0.39, 0.29) is 23.7 Å². The number of carboxylic acid groups (broad SMARTS) is 1. The van der Waals surface area contributed by atoms with Gasteiger partial charge in [-0.25, -0.2) is 14.8 Å². The lowest BCUT2D eigenvalue weighted by Gasteiger charge is -2.31. The van der Waals surface area contributed by atoms with E-state index in [1.165, 1.54) is 4.90 Å². The highest BCUT2D eigenvalue weighted by atomic mass is 16.5. The molecule has 1 aliphatic heterocycles. The zero-order valence-corrected chi connectivity index (χ0v) is 22.0. The summed E-state index contributed by atoms with van der Waals surface area (Å²) in [5, 5.41) is 25.7. The molecule has 11 nitrogen and oxygen atoms in total. The lowest BCUT2D eigenvalue weighted by molar-refractivity contribution is -0.117. The first kappa shape index (κ1) is 25.5. The van der Waals surface area contributed by atoms with Crippen molar-refractivity contribution >= 4 is 34.4 Å². The minimum atomic E-state index is -0.924. The van der Waals surface area contributed by atoms with Gasteiger partial charge in [-0.15, -0.1) is 5.10 Å². The molecule has 11 heteroatoms. The van der Waals surface area contributed by atoms with E-state index < -0.39 is 6.09 Å². The molecule has 2 aromatic carbocycles. The molecule has 0 radical (unpaired) electrons. The van der Waals surface area contributed by atoms with Gasteiger partial charge >= 0.3 is 6.09 Å². The standard InChI is InChI=1S/C29H29N7O4/c1-17-7-10-20-21(5-2-6-23(20)33-26(37)18-8-9-18)25(17)40-27-22(11-14-31-35-27)24-12-13-30-28(34-24)32-19-4-3-15-36(16-19)29(38)39/h2,5-7,10-14,18-19H,3-4,8-9,15-16H2,1H3,(H,33,37)(H,38,39)(H,30,32,34). The summed E-state index contributed by atoms with van der Waals surface area (Å²) in [6, 6.07) is 13.1. The second kappa shape index (κ2) is 10.8. The molecule has 204 valence electrons. The fourth-order valence-corrected chi connectivity index (χ4v) is 4.98. The van der Waals surface area contributed by atoms with Crippen LogP contribution in [0, 0.1) is 12.8 Å². The Balaban J connectivity index is 1.29. The molecule has 2 aliphatic rings. The highest BCUT2D eigenvalue weighted by Crippen LogP contribution is 2.39. The van der Waals surface area contributed by atoms with Crippen LogP contribution < -0.4 is 15.4 Å². The number of fused-ring (bicyclic) bond motifs is 1. The SMILES string of the molecule is Cc1ccc2c(NC(=O)C3CC3)cccc2c1Oc1nnccc1-c1ccnc(NC2CCCN(C(=O)O)C2)n1. The predicted molar refractivity (Wildman–Crippen MR) is 149 cm³/mol. The van der Waals surface area contributed by atoms with Gasteiger partial charge < -0.3 is 25.4 Å². The van der Waals surface area contributed by atoms with Gasteiger partial charge in [-0.05, 0) is 56.4 Å². The second-order valence-electron chi connectivity index (χ2n) is 10.2. The summed E-state index contributed by atoms with van der Waals surface area (Å²) in [5.74, 6) is 1.44. The van der Waals surface area contributed by atoms with E-state index in [0.29, 0.717) is 36.0 Å². The third-order valence-corrected chi connectivity index (χ3v) is 7.26. The minimum Gasteiger partial charge on any atom is -0.465 e. The number of hydrogen-bond acceptors (Lipinski definition) is 8. The average molecular weight is 540 g/mol. The average Bonchev–Trinajstić information content (AvgIpc) is 3.81. The molecule has 0 spiro atoms. The summed E-state index contributed by atoms with van der Waals surface area (Å²) in [6.45, 7) is 2.86. The van der Waals surface area contributed by atoms with Gasteiger partial charge in [0.05, 0.1) is 17.5 Å². The van der Waals surface area contributed by atoms with Crippen LogP contribution in [0.4, 0.5) is 16.4 Å². The molecule has 3 N–H and O–H groups in total. The van der Waals surface area contributed by atoms with Crippen molar-refractivity contribution in [3.63, 3.8) is 0 Å². The van der Waals surface area contributed by atoms with Crippen LogP contribution in [0.2, 0.25) is 0 Å². The zero-order chi connectivity index (χ0) is 27.6. The van der Waals surface area contributed by atoms with E-state index in [1.807, 2.05) is 37.3 Å². The fourth-order valence-electron chi connectivity index (χ4n) is 4.98. The maximum absolute atomic E-state index is 12.5. The molecule has 2 aromatic heterocycles. The molecule has 1 saturated carbocycles. The van der Waals surface area contributed by atoms with Gasteiger partial charge in [0.15, 0.2) is 0 Å². The number of hydrogen-bond donors (Lipinski definition) is 3. The quantitative estimate of drug-likeness (QED) is 0.293. The maximum atomic E-state index is 12.5. The summed E-state index contributed by atoms with van der Waals surface area (Å²) in [6.07, 6.45) is 5.75. The Hall–Kier alpha value is -4.80. The van der Waals surface area contributed by atoms with Crippen LogP contribution in [0.25, 0.3) is 22.0 Å². The summed E-state index contributed by atoms with van der Waals surface area (Å²) < 4.78 is 6.42. The number of carbonyl (C=O) groups is 2. The molecule has 3 heterocycles. The molecule has 1 aliphatic carbocycles. The van der Waals surface area contributed by atoms with Crippen LogP contribution in [0.5, 0.6) is 11.6 Å². The second-order valence-corrected chi connectivity index (χ2v) is 10.2. The molecular formula is C29H29N7O4. The minimum absolute atomic E-state index is 0.0452. The van der Waals surface area contributed by atoms with Gasteiger partial charge in [-0.1, -0.05) is 24.3 Å². The van der Waals surface area contributed by atoms with Crippen LogP contribution in [0.3, 0.4) is 0 Å². The van der Waals surface area contributed by atoms with Crippen LogP contribution >= 0.6 is 0 Å². The number of likely N-dealkylation sites (tertiary alicyclic amines) is 1. The normalized spacial score (nSPS) is 16.9. The van der Waals surface area contributed by atoms with Gasteiger partial charge in [0, 0.05) is 47.7 Å². The van der Waals surface area contributed by atoms with E-state index in [4.69, 9.17) is 4.74 Å². The number of anilines is 2. The molecule has 6 rings (SSSR count). The van der Waals surface area contributed by atoms with Crippen molar-refractivity contribution in [2.45, 2.75) is 38.6 Å². The number of piperidine rings is 1. The van der Waals surface area contributed by atoms with E-state index in [2.05, 4.69) is 30.8 Å². The van der Waals surface area contributed by atoms with Gasteiger partial charge in [-0.2, -0.15) is 5.10 Å². The molecular weight excluding hydrogens is 510 g/mol. The van der Waals surface area contributed by atoms with Crippen LogP contribution in [0.1, 0.15) is 31.2 Å². The number of aryl methyl sites for hydroxylation is 1. The molecule has 2 fully saturated rings. The Morgan fingerprint density at radius 2 is 1.93 bits per heavy atom. The number of nitrogens with one attached hydrogen (secondary N) is 2. The molecule has 1 atom stereocenters. The number of carbonyl (C=O) groups excluding carboxylic acids is 1. The highest BCUT2D eigenvalue weighted by molar-refractivity contribution is 6.05.